The third-order valence-corrected chi connectivity index (χ3v) is 4.17. The van der Waals surface area contributed by atoms with Crippen LogP contribution < -0.4 is 14.8 Å². The van der Waals surface area contributed by atoms with Crippen molar-refractivity contribution in [3.63, 3.8) is 0 Å². The number of benzene rings is 2. The lowest BCUT2D eigenvalue weighted by Crippen LogP contribution is -2.39. The van der Waals surface area contributed by atoms with Gasteiger partial charge in [0.2, 0.25) is 6.10 Å². The largest absolute Gasteiger partial charge is 0.485 e. The average molecular weight is 406 g/mol. The smallest absolute Gasteiger partial charge is 0.351 e. The van der Waals surface area contributed by atoms with E-state index in [1.807, 2.05) is 25.1 Å². The Bertz CT molecular complexity index is 808. The topological polar surface area (TPSA) is 73.9 Å². The number of fused-ring (bicyclic) bond motifs is 1. The van der Waals surface area contributed by atoms with E-state index in [0.29, 0.717) is 17.2 Å². The molecule has 2 aromatic carbocycles. The normalized spacial score (nSPS) is 15.4. The molecule has 0 saturated carbocycles. The zero-order valence-electron chi connectivity index (χ0n) is 13.5. The zero-order chi connectivity index (χ0) is 17.8. The highest BCUT2D eigenvalue weighted by atomic mass is 79.9. The van der Waals surface area contributed by atoms with Gasteiger partial charge in [-0.3, -0.25) is 4.79 Å². The fourth-order valence-corrected chi connectivity index (χ4v) is 2.87. The van der Waals surface area contributed by atoms with Crippen molar-refractivity contribution in [2.45, 2.75) is 13.0 Å². The van der Waals surface area contributed by atoms with E-state index >= 15 is 0 Å². The van der Waals surface area contributed by atoms with Crippen molar-refractivity contribution < 1.29 is 23.8 Å². The summed E-state index contributed by atoms with van der Waals surface area (Å²) in [5.74, 6) is -0.0279. The lowest BCUT2D eigenvalue weighted by molar-refractivity contribution is -0.156. The quantitative estimate of drug-likeness (QED) is 0.791. The van der Waals surface area contributed by atoms with Crippen molar-refractivity contribution in [3.05, 3.63) is 52.5 Å². The van der Waals surface area contributed by atoms with E-state index in [4.69, 9.17) is 14.2 Å². The van der Waals surface area contributed by atoms with Gasteiger partial charge >= 0.3 is 5.97 Å². The first-order valence-electron chi connectivity index (χ1n) is 7.64. The monoisotopic (exact) mass is 405 g/mol. The minimum Gasteiger partial charge on any atom is -0.485 e. The van der Waals surface area contributed by atoms with Crippen molar-refractivity contribution in [3.8, 4) is 11.5 Å². The van der Waals surface area contributed by atoms with Crippen LogP contribution in [0.4, 0.5) is 5.69 Å². The van der Waals surface area contributed by atoms with E-state index in [9.17, 15) is 9.59 Å². The molecule has 1 aliphatic rings. The van der Waals surface area contributed by atoms with Gasteiger partial charge in [-0.2, -0.15) is 0 Å². The summed E-state index contributed by atoms with van der Waals surface area (Å²) in [5, 5.41) is 2.68. The Morgan fingerprint density at radius 2 is 2.00 bits per heavy atom. The number of hydrogen-bond acceptors (Lipinski definition) is 5. The molecule has 1 aliphatic heterocycles. The Hall–Kier alpha value is -2.54. The molecule has 0 aromatic heterocycles. The number of esters is 1. The molecular formula is C18H16BrNO5. The van der Waals surface area contributed by atoms with Gasteiger partial charge in [0.15, 0.2) is 18.1 Å². The van der Waals surface area contributed by atoms with E-state index in [1.54, 1.807) is 24.3 Å². The van der Waals surface area contributed by atoms with Gasteiger partial charge in [0.05, 0.1) is 5.69 Å². The fraction of sp³-hybridized carbons (Fsp3) is 0.222. The molecular weight excluding hydrogens is 390 g/mol. The van der Waals surface area contributed by atoms with Crippen LogP contribution in [0, 0.1) is 6.92 Å². The van der Waals surface area contributed by atoms with Crippen LogP contribution in [0.15, 0.2) is 46.9 Å². The number of nitrogens with one attached hydrogen (secondary N) is 1. The molecule has 1 N–H and O–H groups in total. The summed E-state index contributed by atoms with van der Waals surface area (Å²) in [4.78, 5) is 24.0. The van der Waals surface area contributed by atoms with Gasteiger partial charge in [-0.15, -0.1) is 0 Å². The summed E-state index contributed by atoms with van der Waals surface area (Å²) in [6.07, 6.45) is -0.895. The predicted molar refractivity (Wildman–Crippen MR) is 94.8 cm³/mol. The van der Waals surface area contributed by atoms with Crippen LogP contribution in [0.25, 0.3) is 0 Å². The number of ether oxygens (including phenoxy) is 3. The molecule has 1 heterocycles. The maximum atomic E-state index is 12.1. The lowest BCUT2D eigenvalue weighted by atomic mass is 10.2. The van der Waals surface area contributed by atoms with Crippen LogP contribution in [-0.2, 0) is 14.3 Å². The standard InChI is InChI=1S/C18H16BrNO5/c1-11-6-7-13(12(19)8-11)20-17(21)10-24-18(22)16-9-23-14-4-2-3-5-15(14)25-16/h2-8,16H,9-10H2,1H3,(H,20,21)/t16-/m0/s1. The maximum Gasteiger partial charge on any atom is 0.351 e. The first-order chi connectivity index (χ1) is 12.0. The van der Waals surface area contributed by atoms with Crippen molar-refractivity contribution in [2.24, 2.45) is 0 Å². The number of aryl methyl sites for hydroxylation is 1. The van der Waals surface area contributed by atoms with E-state index in [0.717, 1.165) is 10.0 Å². The van der Waals surface area contributed by atoms with Crippen LogP contribution in [0.2, 0.25) is 0 Å². The highest BCUT2D eigenvalue weighted by molar-refractivity contribution is 9.10. The third-order valence-electron chi connectivity index (χ3n) is 3.52. The molecule has 0 unspecified atom stereocenters. The first kappa shape index (κ1) is 17.3. The molecule has 0 spiro atoms. The number of carbonyl (C=O) groups excluding carboxylic acids is 2. The highest BCUT2D eigenvalue weighted by Gasteiger charge is 2.29. The Morgan fingerprint density at radius 1 is 1.24 bits per heavy atom. The highest BCUT2D eigenvalue weighted by Crippen LogP contribution is 2.31. The molecule has 6 nitrogen and oxygen atoms in total. The van der Waals surface area contributed by atoms with Crippen LogP contribution in [0.3, 0.4) is 0 Å². The summed E-state index contributed by atoms with van der Waals surface area (Å²) >= 11 is 3.37. The van der Waals surface area contributed by atoms with Gasteiger partial charge in [0.1, 0.15) is 6.61 Å². The molecule has 3 rings (SSSR count). The number of halogens is 1. The molecule has 0 radical (unpaired) electrons. The minimum atomic E-state index is -0.895. The molecule has 1 atom stereocenters. The van der Waals surface area contributed by atoms with Crippen LogP contribution >= 0.6 is 15.9 Å². The first-order valence-corrected chi connectivity index (χ1v) is 8.43. The molecule has 0 fully saturated rings. The Balaban J connectivity index is 1.51. The van der Waals surface area contributed by atoms with Crippen LogP contribution in [0.1, 0.15) is 5.56 Å². The van der Waals surface area contributed by atoms with Crippen molar-refractivity contribution in [1.29, 1.82) is 0 Å². The number of rotatable bonds is 4. The number of amides is 1. The Kier molecular flexibility index (Phi) is 5.23. The maximum absolute atomic E-state index is 12.1. The number of carbonyl (C=O) groups is 2. The second kappa shape index (κ2) is 7.57. The van der Waals surface area contributed by atoms with Gasteiger partial charge in [-0.1, -0.05) is 18.2 Å². The Labute approximate surface area is 153 Å². The summed E-state index contributed by atoms with van der Waals surface area (Å²) in [6.45, 7) is 1.59. The summed E-state index contributed by atoms with van der Waals surface area (Å²) in [7, 11) is 0. The molecule has 7 heteroatoms. The van der Waals surface area contributed by atoms with Gasteiger partial charge in [-0.05, 0) is 52.7 Å². The molecule has 2 aromatic rings. The molecule has 25 heavy (non-hydrogen) atoms. The third kappa shape index (κ3) is 4.30. The number of hydrogen-bond donors (Lipinski definition) is 1. The molecule has 0 bridgehead atoms. The zero-order valence-corrected chi connectivity index (χ0v) is 15.0. The summed E-state index contributed by atoms with van der Waals surface area (Å²) in [5.41, 5.74) is 1.67. The van der Waals surface area contributed by atoms with Gasteiger partial charge in [0, 0.05) is 4.47 Å². The Morgan fingerprint density at radius 3 is 2.76 bits per heavy atom. The van der Waals surface area contributed by atoms with Crippen molar-refractivity contribution >= 4 is 33.5 Å². The van der Waals surface area contributed by atoms with Gasteiger partial charge in [-0.25, -0.2) is 4.79 Å². The van der Waals surface area contributed by atoms with Crippen molar-refractivity contribution in [2.75, 3.05) is 18.5 Å². The average Bonchev–Trinajstić information content (AvgIpc) is 2.61. The van der Waals surface area contributed by atoms with E-state index in [-0.39, 0.29) is 6.61 Å². The molecule has 130 valence electrons. The van der Waals surface area contributed by atoms with E-state index in [1.165, 1.54) is 0 Å². The van der Waals surface area contributed by atoms with Crippen molar-refractivity contribution in [1.82, 2.24) is 0 Å². The predicted octanol–water partition coefficient (Wildman–Crippen LogP) is 3.08. The molecule has 0 aliphatic carbocycles. The lowest BCUT2D eigenvalue weighted by Gasteiger charge is -2.24. The van der Waals surface area contributed by atoms with Crippen LogP contribution in [-0.4, -0.2) is 31.2 Å². The molecule has 1 amide bonds. The second-order valence-corrected chi connectivity index (χ2v) is 6.36. The summed E-state index contributed by atoms with van der Waals surface area (Å²) in [6, 6.07) is 12.6. The second-order valence-electron chi connectivity index (χ2n) is 5.50. The SMILES string of the molecule is Cc1ccc(NC(=O)COC(=O)[C@@H]2COc3ccccc3O2)c(Br)c1. The van der Waals surface area contributed by atoms with Gasteiger partial charge < -0.3 is 19.5 Å². The minimum absolute atomic E-state index is 0.0426. The van der Waals surface area contributed by atoms with E-state index in [2.05, 4.69) is 21.2 Å². The van der Waals surface area contributed by atoms with Crippen LogP contribution in [0.5, 0.6) is 11.5 Å². The van der Waals surface area contributed by atoms with E-state index < -0.39 is 24.6 Å². The fourth-order valence-electron chi connectivity index (χ4n) is 2.27. The molecule has 0 saturated heterocycles. The summed E-state index contributed by atoms with van der Waals surface area (Å²) < 4.78 is 16.8. The number of anilines is 1. The van der Waals surface area contributed by atoms with Gasteiger partial charge in [0.25, 0.3) is 5.91 Å². The number of para-hydroxylation sites is 2.